The first kappa shape index (κ1) is 7.39. The van der Waals surface area contributed by atoms with E-state index in [0.717, 1.165) is 17.8 Å². The normalized spacial score (nSPS) is 41.9. The maximum Gasteiger partial charge on any atom is -0.0194 e. The lowest BCUT2D eigenvalue weighted by atomic mass is 9.73. The van der Waals surface area contributed by atoms with Crippen LogP contribution in [-0.2, 0) is 0 Å². The molecule has 2 rings (SSSR count). The third-order valence-electron chi connectivity index (χ3n) is 3.39. The highest BCUT2D eigenvalue weighted by Gasteiger charge is 2.41. The van der Waals surface area contributed by atoms with Crippen LogP contribution in [0.5, 0.6) is 0 Å². The van der Waals surface area contributed by atoms with Crippen LogP contribution in [0.4, 0.5) is 0 Å². The summed E-state index contributed by atoms with van der Waals surface area (Å²) in [5.41, 5.74) is 0.532. The van der Waals surface area contributed by atoms with Gasteiger partial charge in [-0.3, -0.25) is 0 Å². The summed E-state index contributed by atoms with van der Waals surface area (Å²) >= 11 is 0. The van der Waals surface area contributed by atoms with Crippen LogP contribution >= 0.6 is 0 Å². The van der Waals surface area contributed by atoms with Gasteiger partial charge < -0.3 is 0 Å². The van der Waals surface area contributed by atoms with Gasteiger partial charge in [0.1, 0.15) is 0 Å². The monoisotopic (exact) mass is 150 g/mol. The second-order valence-corrected chi connectivity index (χ2v) is 5.25. The van der Waals surface area contributed by atoms with E-state index in [1.165, 1.54) is 12.8 Å². The lowest BCUT2D eigenvalue weighted by Gasteiger charge is -2.32. The molecule has 0 nitrogen and oxygen atoms in total. The van der Waals surface area contributed by atoms with Gasteiger partial charge in [-0.1, -0.05) is 32.9 Å². The van der Waals surface area contributed by atoms with E-state index >= 15 is 0 Å². The highest BCUT2D eigenvalue weighted by Crippen LogP contribution is 2.50. The van der Waals surface area contributed by atoms with Crippen LogP contribution in [0.3, 0.4) is 0 Å². The van der Waals surface area contributed by atoms with Crippen molar-refractivity contribution < 1.29 is 0 Å². The molecule has 0 N–H and O–H groups in total. The van der Waals surface area contributed by atoms with Crippen molar-refractivity contribution in [2.24, 2.45) is 23.2 Å². The van der Waals surface area contributed by atoms with Gasteiger partial charge >= 0.3 is 0 Å². The number of fused-ring (bicyclic) bond motifs is 2. The van der Waals surface area contributed by atoms with Gasteiger partial charge in [0.05, 0.1) is 0 Å². The van der Waals surface area contributed by atoms with E-state index < -0.39 is 0 Å². The van der Waals surface area contributed by atoms with Gasteiger partial charge in [0.15, 0.2) is 0 Å². The Kier molecular flexibility index (Phi) is 1.42. The molecular weight excluding hydrogens is 132 g/mol. The highest BCUT2D eigenvalue weighted by molar-refractivity contribution is 5.11. The Morgan fingerprint density at radius 2 is 1.82 bits per heavy atom. The van der Waals surface area contributed by atoms with Crippen molar-refractivity contribution >= 4 is 0 Å². The van der Waals surface area contributed by atoms with Crippen LogP contribution in [0.15, 0.2) is 12.2 Å². The average Bonchev–Trinajstić information content (AvgIpc) is 2.42. The molecule has 0 aromatic heterocycles. The number of rotatable bonds is 0. The van der Waals surface area contributed by atoms with E-state index in [4.69, 9.17) is 0 Å². The minimum Gasteiger partial charge on any atom is -0.0851 e. The van der Waals surface area contributed by atoms with Crippen LogP contribution in [0, 0.1) is 23.2 Å². The van der Waals surface area contributed by atoms with Crippen LogP contribution in [0.1, 0.15) is 33.6 Å². The molecule has 0 saturated heterocycles. The molecule has 0 radical (unpaired) electrons. The van der Waals surface area contributed by atoms with Crippen molar-refractivity contribution in [3.05, 3.63) is 12.2 Å². The van der Waals surface area contributed by atoms with E-state index in [2.05, 4.69) is 32.9 Å². The second kappa shape index (κ2) is 2.12. The zero-order valence-corrected chi connectivity index (χ0v) is 7.80. The Hall–Kier alpha value is -0.260. The van der Waals surface area contributed by atoms with E-state index in [1.807, 2.05) is 0 Å². The Balaban J connectivity index is 2.15. The van der Waals surface area contributed by atoms with Crippen LogP contribution in [-0.4, -0.2) is 0 Å². The Bertz CT molecular complexity index is 183. The molecule has 0 heteroatoms. The van der Waals surface area contributed by atoms with Crippen molar-refractivity contribution in [3.8, 4) is 0 Å². The Labute approximate surface area is 69.7 Å². The van der Waals surface area contributed by atoms with Gasteiger partial charge in [0, 0.05) is 0 Å². The molecule has 0 aromatic carbocycles. The zero-order valence-electron chi connectivity index (χ0n) is 7.80. The third-order valence-corrected chi connectivity index (χ3v) is 3.39. The fourth-order valence-corrected chi connectivity index (χ4v) is 2.78. The van der Waals surface area contributed by atoms with Gasteiger partial charge in [0.25, 0.3) is 0 Å². The summed E-state index contributed by atoms with van der Waals surface area (Å²) in [4.78, 5) is 0. The smallest absolute Gasteiger partial charge is 0.0194 e. The molecule has 1 unspecified atom stereocenters. The van der Waals surface area contributed by atoms with Gasteiger partial charge in [-0.15, -0.1) is 0 Å². The quantitative estimate of drug-likeness (QED) is 0.465. The summed E-state index contributed by atoms with van der Waals surface area (Å²) in [6.07, 6.45) is 7.77. The van der Waals surface area contributed by atoms with Gasteiger partial charge in [-0.25, -0.2) is 0 Å². The molecule has 1 fully saturated rings. The van der Waals surface area contributed by atoms with Crippen LogP contribution < -0.4 is 0 Å². The first-order valence-corrected chi connectivity index (χ1v) is 4.76. The molecule has 1 saturated carbocycles. The fourth-order valence-electron chi connectivity index (χ4n) is 2.78. The summed E-state index contributed by atoms with van der Waals surface area (Å²) in [6.45, 7) is 7.14. The minimum atomic E-state index is 0.532. The molecule has 2 aliphatic carbocycles. The minimum absolute atomic E-state index is 0.532. The van der Waals surface area contributed by atoms with E-state index in [-0.39, 0.29) is 0 Å². The summed E-state index contributed by atoms with van der Waals surface area (Å²) in [7, 11) is 0. The summed E-state index contributed by atoms with van der Waals surface area (Å²) in [5, 5.41) is 0. The lowest BCUT2D eigenvalue weighted by molar-refractivity contribution is 0.205. The summed E-state index contributed by atoms with van der Waals surface area (Å²) in [5.74, 6) is 2.81. The van der Waals surface area contributed by atoms with Gasteiger partial charge in [0.2, 0.25) is 0 Å². The largest absolute Gasteiger partial charge is 0.0851 e. The Morgan fingerprint density at radius 3 is 2.09 bits per heavy atom. The molecule has 3 atom stereocenters. The predicted octanol–water partition coefficient (Wildman–Crippen LogP) is 3.24. The lowest BCUT2D eigenvalue weighted by Crippen LogP contribution is -2.23. The van der Waals surface area contributed by atoms with Gasteiger partial charge in [-0.2, -0.15) is 0 Å². The molecule has 0 heterocycles. The van der Waals surface area contributed by atoms with Crippen molar-refractivity contribution in [3.63, 3.8) is 0 Å². The first-order chi connectivity index (χ1) is 5.07. The molecule has 62 valence electrons. The molecule has 11 heavy (non-hydrogen) atoms. The molecular formula is C11H18. The summed E-state index contributed by atoms with van der Waals surface area (Å²) in [6, 6.07) is 0. The highest BCUT2D eigenvalue weighted by atomic mass is 14.5. The first-order valence-electron chi connectivity index (χ1n) is 4.76. The zero-order chi connectivity index (χ0) is 8.06. The van der Waals surface area contributed by atoms with E-state index in [1.54, 1.807) is 0 Å². The molecule has 0 spiro atoms. The SMILES string of the molecule is CC(C)(C)C1C[C@H]2C=C[C@@H]1C2. The molecule has 2 aliphatic rings. The molecule has 2 bridgehead atoms. The topological polar surface area (TPSA) is 0 Å². The maximum absolute atomic E-state index is 2.45. The number of allylic oxidation sites excluding steroid dienone is 2. The van der Waals surface area contributed by atoms with Crippen molar-refractivity contribution in [1.29, 1.82) is 0 Å². The van der Waals surface area contributed by atoms with Crippen LogP contribution in [0.25, 0.3) is 0 Å². The Morgan fingerprint density at radius 1 is 1.09 bits per heavy atom. The third kappa shape index (κ3) is 1.13. The predicted molar refractivity (Wildman–Crippen MR) is 48.3 cm³/mol. The molecule has 0 aromatic rings. The standard InChI is InChI=1S/C11H18/c1-11(2,3)10-7-8-4-5-9(10)6-8/h4-5,8-10H,6-7H2,1-3H3/t8-,9+,10?/m0/s1. The van der Waals surface area contributed by atoms with E-state index in [0.29, 0.717) is 5.41 Å². The maximum atomic E-state index is 2.45. The second-order valence-electron chi connectivity index (χ2n) is 5.25. The van der Waals surface area contributed by atoms with Gasteiger partial charge in [-0.05, 0) is 36.0 Å². The average molecular weight is 150 g/mol. The van der Waals surface area contributed by atoms with Crippen molar-refractivity contribution in [1.82, 2.24) is 0 Å². The number of hydrogen-bond donors (Lipinski definition) is 0. The molecule has 0 aliphatic heterocycles. The molecule has 0 amide bonds. The van der Waals surface area contributed by atoms with Crippen LogP contribution in [0.2, 0.25) is 0 Å². The van der Waals surface area contributed by atoms with E-state index in [9.17, 15) is 0 Å². The van der Waals surface area contributed by atoms with Crippen molar-refractivity contribution in [2.75, 3.05) is 0 Å². The summed E-state index contributed by atoms with van der Waals surface area (Å²) < 4.78 is 0. The van der Waals surface area contributed by atoms with Crippen molar-refractivity contribution in [2.45, 2.75) is 33.6 Å². The fraction of sp³-hybridized carbons (Fsp3) is 0.818. The number of hydrogen-bond acceptors (Lipinski definition) is 0.